The van der Waals surface area contributed by atoms with Crippen LogP contribution in [0.3, 0.4) is 0 Å². The minimum Gasteiger partial charge on any atom is -0.486 e. The molecule has 0 N–H and O–H groups in total. The molecule has 1 heteroatoms. The molecule has 0 aromatic carbocycles. The lowest BCUT2D eigenvalue weighted by Crippen LogP contribution is -1.87. The summed E-state index contributed by atoms with van der Waals surface area (Å²) in [4.78, 5) is 0. The first-order valence-electron chi connectivity index (χ1n) is 2.51. The monoisotopic (exact) mass is 96.1 g/mol. The molecule has 1 atom stereocenters. The van der Waals surface area contributed by atoms with E-state index in [9.17, 15) is 0 Å². The number of hydrogen-bond acceptors (Lipinski definition) is 1. The van der Waals surface area contributed by atoms with E-state index in [4.69, 9.17) is 4.74 Å². The van der Waals surface area contributed by atoms with E-state index in [-0.39, 0.29) is 0 Å². The molecule has 0 bridgehead atoms. The normalized spacial score (nSPS) is 27.9. The molecule has 0 spiro atoms. The fourth-order valence-corrected chi connectivity index (χ4v) is 0.520. The van der Waals surface area contributed by atoms with Crippen LogP contribution in [0, 0.1) is 12.5 Å². The quantitative estimate of drug-likeness (QED) is 0.481. The van der Waals surface area contributed by atoms with Gasteiger partial charge in [-0.2, -0.15) is 0 Å². The summed E-state index contributed by atoms with van der Waals surface area (Å²) in [5.74, 6) is 0.444. The molecule has 1 rings (SSSR count). The maximum absolute atomic E-state index is 4.72. The second-order valence-electron chi connectivity index (χ2n) is 1.58. The van der Waals surface area contributed by atoms with Gasteiger partial charge in [-0.25, -0.2) is 0 Å². The van der Waals surface area contributed by atoms with Crippen molar-refractivity contribution in [2.45, 2.75) is 13.3 Å². The van der Waals surface area contributed by atoms with Crippen molar-refractivity contribution in [3.05, 3.63) is 18.9 Å². The molecule has 0 aliphatic carbocycles. The van der Waals surface area contributed by atoms with Gasteiger partial charge in [0, 0.05) is 5.92 Å². The Morgan fingerprint density at radius 3 is 3.00 bits per heavy atom. The number of ether oxygens (including phenoxy) is 1. The molecule has 38 valence electrons. The Bertz CT molecular complexity index is 76.2. The molecule has 2 radical (unpaired) electrons. The second kappa shape index (κ2) is 2.01. The van der Waals surface area contributed by atoms with E-state index in [1.165, 1.54) is 0 Å². The predicted molar refractivity (Wildman–Crippen MR) is 27.2 cm³/mol. The highest BCUT2D eigenvalue weighted by atomic mass is 16.5. The van der Waals surface area contributed by atoms with Crippen molar-refractivity contribution in [2.24, 2.45) is 5.92 Å². The first-order valence-corrected chi connectivity index (χ1v) is 2.51. The van der Waals surface area contributed by atoms with Crippen LogP contribution < -0.4 is 0 Å². The maximum Gasteiger partial charge on any atom is 0.202 e. The first-order chi connectivity index (χ1) is 3.43. The highest BCUT2D eigenvalue weighted by molar-refractivity contribution is 4.94. The van der Waals surface area contributed by atoms with Gasteiger partial charge in [-0.3, -0.25) is 0 Å². The summed E-state index contributed by atoms with van der Waals surface area (Å²) in [5, 5.41) is 0. The lowest BCUT2D eigenvalue weighted by Gasteiger charge is -1.94. The Hall–Kier alpha value is -0.460. The van der Waals surface area contributed by atoms with Gasteiger partial charge in [-0.05, 0) is 12.5 Å². The van der Waals surface area contributed by atoms with Crippen molar-refractivity contribution in [3.63, 3.8) is 0 Å². The van der Waals surface area contributed by atoms with Gasteiger partial charge in [0.1, 0.15) is 0 Å². The van der Waals surface area contributed by atoms with Gasteiger partial charge in [0.15, 0.2) is 0 Å². The van der Waals surface area contributed by atoms with Crippen molar-refractivity contribution >= 4 is 0 Å². The topological polar surface area (TPSA) is 9.23 Å². The summed E-state index contributed by atoms with van der Waals surface area (Å²) >= 11 is 0. The standard InChI is InChI=1S/C6H8O/c1-2-6-3-4-7-5-6/h3-4,6H,2H2,1H3. The van der Waals surface area contributed by atoms with E-state index >= 15 is 0 Å². The van der Waals surface area contributed by atoms with Crippen LogP contribution in [-0.2, 0) is 4.74 Å². The molecule has 0 saturated heterocycles. The summed E-state index contributed by atoms with van der Waals surface area (Å²) < 4.78 is 4.72. The van der Waals surface area contributed by atoms with Crippen LogP contribution in [0.5, 0.6) is 0 Å². The fourth-order valence-electron chi connectivity index (χ4n) is 0.520. The number of hydrogen-bond donors (Lipinski definition) is 0. The molecule has 1 aliphatic rings. The maximum atomic E-state index is 4.72. The zero-order chi connectivity index (χ0) is 5.11. The third-order valence-electron chi connectivity index (χ3n) is 1.04. The molecule has 0 aromatic rings. The molecular formula is C6H8O. The summed E-state index contributed by atoms with van der Waals surface area (Å²) in [7, 11) is 0. The van der Waals surface area contributed by atoms with Crippen molar-refractivity contribution in [1.82, 2.24) is 0 Å². The summed E-state index contributed by atoms with van der Waals surface area (Å²) in [6, 6.07) is 0. The molecule has 1 nitrogen and oxygen atoms in total. The van der Waals surface area contributed by atoms with Crippen molar-refractivity contribution in [2.75, 3.05) is 0 Å². The van der Waals surface area contributed by atoms with Gasteiger partial charge in [0.2, 0.25) is 6.61 Å². The van der Waals surface area contributed by atoms with E-state index in [1.54, 1.807) is 6.26 Å². The minimum absolute atomic E-state index is 0.444. The minimum atomic E-state index is 0.444. The molecule has 0 fully saturated rings. The van der Waals surface area contributed by atoms with Gasteiger partial charge < -0.3 is 4.74 Å². The Balaban J connectivity index is 2.28. The second-order valence-corrected chi connectivity index (χ2v) is 1.58. The Morgan fingerprint density at radius 1 is 1.86 bits per heavy atom. The molecule has 0 aromatic heterocycles. The van der Waals surface area contributed by atoms with Gasteiger partial charge >= 0.3 is 0 Å². The lowest BCUT2D eigenvalue weighted by atomic mass is 10.1. The number of rotatable bonds is 1. The molecule has 0 saturated carbocycles. The highest BCUT2D eigenvalue weighted by Crippen LogP contribution is 2.15. The van der Waals surface area contributed by atoms with Gasteiger partial charge in [0.25, 0.3) is 0 Å². The van der Waals surface area contributed by atoms with Crippen molar-refractivity contribution < 1.29 is 4.74 Å². The van der Waals surface area contributed by atoms with Crippen LogP contribution >= 0.6 is 0 Å². The average molecular weight is 96.1 g/mol. The van der Waals surface area contributed by atoms with Crippen molar-refractivity contribution in [3.8, 4) is 0 Å². The summed E-state index contributed by atoms with van der Waals surface area (Å²) in [5.41, 5.74) is 0. The summed E-state index contributed by atoms with van der Waals surface area (Å²) in [6.07, 6.45) is 4.77. The van der Waals surface area contributed by atoms with E-state index in [1.807, 2.05) is 6.08 Å². The van der Waals surface area contributed by atoms with Crippen LogP contribution in [0.15, 0.2) is 12.3 Å². The molecule has 7 heavy (non-hydrogen) atoms. The zero-order valence-electron chi connectivity index (χ0n) is 4.35. The first kappa shape index (κ1) is 4.69. The van der Waals surface area contributed by atoms with E-state index in [0.717, 1.165) is 6.42 Å². The Morgan fingerprint density at radius 2 is 2.71 bits per heavy atom. The van der Waals surface area contributed by atoms with Gasteiger partial charge in [-0.1, -0.05) is 6.92 Å². The van der Waals surface area contributed by atoms with E-state index < -0.39 is 0 Å². The summed E-state index contributed by atoms with van der Waals surface area (Å²) in [6.45, 7) is 4.90. The van der Waals surface area contributed by atoms with E-state index in [2.05, 4.69) is 13.5 Å². The van der Waals surface area contributed by atoms with Crippen LogP contribution in [0.2, 0.25) is 0 Å². The van der Waals surface area contributed by atoms with E-state index in [0.29, 0.717) is 5.92 Å². The van der Waals surface area contributed by atoms with Gasteiger partial charge in [0.05, 0.1) is 6.26 Å². The van der Waals surface area contributed by atoms with Crippen LogP contribution in [-0.4, -0.2) is 0 Å². The molecular weight excluding hydrogens is 88.1 g/mol. The van der Waals surface area contributed by atoms with Crippen LogP contribution in [0.1, 0.15) is 13.3 Å². The SMILES string of the molecule is CCC1[C]OC=C1. The molecule has 0 amide bonds. The fraction of sp³-hybridized carbons (Fsp3) is 0.500. The third-order valence-corrected chi connectivity index (χ3v) is 1.04. The smallest absolute Gasteiger partial charge is 0.202 e. The Labute approximate surface area is 44.0 Å². The molecule has 1 aliphatic heterocycles. The largest absolute Gasteiger partial charge is 0.486 e. The molecule has 1 heterocycles. The third kappa shape index (κ3) is 0.952. The lowest BCUT2D eigenvalue weighted by molar-refractivity contribution is 0.327. The Kier molecular flexibility index (Phi) is 1.35. The molecule has 1 unspecified atom stereocenters. The van der Waals surface area contributed by atoms with Crippen molar-refractivity contribution in [1.29, 1.82) is 0 Å². The predicted octanol–water partition coefficient (Wildman–Crippen LogP) is 1.60. The van der Waals surface area contributed by atoms with Crippen LogP contribution in [0.25, 0.3) is 0 Å². The zero-order valence-corrected chi connectivity index (χ0v) is 4.35. The highest BCUT2D eigenvalue weighted by Gasteiger charge is 2.07. The van der Waals surface area contributed by atoms with Crippen LogP contribution in [0.4, 0.5) is 0 Å². The van der Waals surface area contributed by atoms with Gasteiger partial charge in [-0.15, -0.1) is 0 Å². The average Bonchev–Trinajstić information content (AvgIpc) is 2.14.